The highest BCUT2D eigenvalue weighted by atomic mass is 79.9. The van der Waals surface area contributed by atoms with Crippen molar-refractivity contribution in [3.05, 3.63) is 0 Å². The number of thioether (sulfide) groups is 1. The first-order chi connectivity index (χ1) is 44.1. The number of carbonyl (C=O) groups is 6. The summed E-state index contributed by atoms with van der Waals surface area (Å²) in [5.41, 5.74) is 3.53. The number of carbonyl (C=O) groups excluding carboxylic acids is 6. The molecule has 0 saturated heterocycles. The van der Waals surface area contributed by atoms with Crippen LogP contribution in [0.25, 0.3) is 0 Å². The number of rotatable bonds is 43. The summed E-state index contributed by atoms with van der Waals surface area (Å²) in [5, 5.41) is 4.07. The van der Waals surface area contributed by atoms with E-state index >= 15 is 0 Å². The summed E-state index contributed by atoms with van der Waals surface area (Å²) in [6.07, 6.45) is 8.81. The average molecular weight is 1490 g/mol. The second-order valence-electron chi connectivity index (χ2n) is 26.0. The van der Waals surface area contributed by atoms with Crippen LogP contribution in [0.4, 0.5) is 0 Å². The Morgan fingerprint density at radius 3 is 1.00 bits per heavy atom. The lowest BCUT2D eigenvalue weighted by atomic mass is 9.69. The first kappa shape index (κ1) is 88.6. The third-order valence-electron chi connectivity index (χ3n) is 20.1. The van der Waals surface area contributed by atoms with E-state index in [4.69, 9.17) is 58.8 Å². The number of Topliss-reactive ketones (excluding diaryl/α,β-unsaturated/α-hetero) is 6. The molecule has 93 heavy (non-hydrogen) atoms. The van der Waals surface area contributed by atoms with Gasteiger partial charge >= 0.3 is 35.2 Å². The van der Waals surface area contributed by atoms with Gasteiger partial charge in [-0.05, 0) is 188 Å². The van der Waals surface area contributed by atoms with Gasteiger partial charge in [-0.15, -0.1) is 0 Å². The van der Waals surface area contributed by atoms with E-state index in [9.17, 15) is 28.8 Å². The zero-order valence-electron chi connectivity index (χ0n) is 60.7. The normalized spacial score (nSPS) is 24.8. The molecule has 3 N–H and O–H groups in total. The highest BCUT2D eigenvalue weighted by Crippen LogP contribution is 2.65. The van der Waals surface area contributed by atoms with E-state index in [1.165, 1.54) is 0 Å². The first-order valence-electron chi connectivity index (χ1n) is 35.1. The summed E-state index contributed by atoms with van der Waals surface area (Å²) in [5.74, 6) is 1.52. The molecule has 6 aliphatic rings. The van der Waals surface area contributed by atoms with E-state index in [0.717, 1.165) is 112 Å². The molecule has 544 valence electrons. The Labute approximate surface area is 584 Å². The van der Waals surface area contributed by atoms with E-state index in [1.807, 2.05) is 83.1 Å². The quantitative estimate of drug-likeness (QED) is 0.0169. The molecule has 6 aliphatic carbocycles. The fourth-order valence-electron chi connectivity index (χ4n) is 15.0. The van der Waals surface area contributed by atoms with Crippen molar-refractivity contribution >= 4 is 110 Å². The highest BCUT2D eigenvalue weighted by molar-refractivity contribution is 9.09. The van der Waals surface area contributed by atoms with Gasteiger partial charge in [0.2, 0.25) is 34.7 Å². The van der Waals surface area contributed by atoms with Crippen LogP contribution in [0.2, 0.25) is 24.2 Å². The summed E-state index contributed by atoms with van der Waals surface area (Å²) >= 11 is 9.37. The molecule has 0 amide bonds. The van der Waals surface area contributed by atoms with Gasteiger partial charge in [-0.3, -0.25) is 28.8 Å². The van der Waals surface area contributed by atoms with Crippen LogP contribution in [0, 0.1) is 50.2 Å². The van der Waals surface area contributed by atoms with Gasteiger partial charge in [0.15, 0.2) is 0 Å². The number of alkyl halides is 1. The van der Waals surface area contributed by atoms with Crippen LogP contribution in [0.15, 0.2) is 0 Å². The van der Waals surface area contributed by atoms with Crippen molar-refractivity contribution in [1.82, 2.24) is 5.32 Å². The molecule has 0 aromatic carbocycles. The largest absolute Gasteiger partial charge is 0.500 e. The van der Waals surface area contributed by atoms with E-state index in [1.54, 1.807) is 11.8 Å². The minimum atomic E-state index is -2.61. The lowest BCUT2D eigenvalue weighted by molar-refractivity contribution is -0.141. The number of thiol groups is 1. The lowest BCUT2D eigenvalue weighted by Gasteiger charge is -2.35. The third-order valence-corrected chi connectivity index (χ3v) is 35.3. The number of halogens is 1. The Hall–Kier alpha value is -0.492. The fourth-order valence-corrected chi connectivity index (χ4v) is 28.9. The molecule has 27 heteroatoms. The maximum Gasteiger partial charge on any atom is 0.500 e. The predicted octanol–water partition coefficient (Wildman–Crippen LogP) is 12.0. The molecule has 0 heterocycles. The molecule has 6 fully saturated rings. The number of hydrogen-bond donors (Lipinski definition) is 3. The fraction of sp³-hybridized carbons (Fsp3) is 0.909. The molecule has 6 atom stereocenters. The molecule has 20 nitrogen and oxygen atoms in total. The summed E-state index contributed by atoms with van der Waals surface area (Å²) in [6, 6.07) is 3.23. The van der Waals surface area contributed by atoms with Crippen LogP contribution in [-0.4, -0.2) is 191 Å². The van der Waals surface area contributed by atoms with Crippen molar-refractivity contribution in [2.75, 3.05) is 122 Å². The van der Waals surface area contributed by atoms with Crippen molar-refractivity contribution in [2.24, 2.45) is 56.0 Å². The van der Waals surface area contributed by atoms with Crippen molar-refractivity contribution in [2.45, 2.75) is 213 Å². The van der Waals surface area contributed by atoms with Crippen molar-refractivity contribution in [3.8, 4) is 0 Å². The number of nitrogens with two attached hydrogens (primary N) is 1. The lowest BCUT2D eigenvalue weighted by Crippen LogP contribution is -2.47. The van der Waals surface area contributed by atoms with E-state index < -0.39 is 51.5 Å². The van der Waals surface area contributed by atoms with Crippen molar-refractivity contribution < 1.29 is 81.9 Å². The van der Waals surface area contributed by atoms with Crippen LogP contribution in [0.5, 0.6) is 0 Å². The predicted molar refractivity (Wildman–Crippen MR) is 384 cm³/mol. The van der Waals surface area contributed by atoms with Crippen molar-refractivity contribution in [1.29, 1.82) is 0 Å². The SMILES string of the molecule is CC1(C)C2CCC1(CBr)C(=O)C2=O.CCO[Si](CCCN)(OCC)OCC.CCO[Si](CCCNCC12CCC(C(=O)C1=O)C2(C)C)(OCC)OCC.CCO[Si](CCCS)(OCC)OCC.CCO[Si](CCCSCC12CCC(C(=O)C1=O)C2(C)C)(OCC)OCC. The maximum absolute atomic E-state index is 12.6. The smallest absolute Gasteiger partial charge is 0.374 e. The van der Waals surface area contributed by atoms with Crippen LogP contribution in [-0.2, 0) is 81.9 Å². The van der Waals surface area contributed by atoms with Crippen LogP contribution in [0.1, 0.15) is 189 Å². The van der Waals surface area contributed by atoms with E-state index in [-0.39, 0.29) is 68.7 Å². The van der Waals surface area contributed by atoms with Gasteiger partial charge in [0.1, 0.15) is 0 Å². The van der Waals surface area contributed by atoms with Gasteiger partial charge in [0.05, 0.1) is 16.2 Å². The minimum absolute atomic E-state index is 0.0162. The molecular weight excluding hydrogens is 1370 g/mol. The first-order valence-corrected chi connectivity index (χ1v) is 45.8. The number of fused-ring (bicyclic) bond motifs is 6. The zero-order chi connectivity index (χ0) is 70.4. The Morgan fingerprint density at radius 2 is 0.720 bits per heavy atom. The van der Waals surface area contributed by atoms with Gasteiger partial charge in [-0.25, -0.2) is 0 Å². The summed E-state index contributed by atoms with van der Waals surface area (Å²) in [4.78, 5) is 72.9. The van der Waals surface area contributed by atoms with E-state index in [2.05, 4.69) is 75.4 Å². The third kappa shape index (κ3) is 21.3. The highest BCUT2D eigenvalue weighted by Gasteiger charge is 2.70. The van der Waals surface area contributed by atoms with Crippen LogP contribution >= 0.6 is 40.3 Å². The summed E-state index contributed by atoms with van der Waals surface area (Å²) < 4.78 is 69.2. The second-order valence-corrected chi connectivity index (χ2v) is 39.0. The van der Waals surface area contributed by atoms with Gasteiger partial charge in [-0.2, -0.15) is 24.4 Å². The Kier molecular flexibility index (Phi) is 40.1. The second kappa shape index (κ2) is 42.1. The molecule has 0 spiro atoms. The molecule has 0 radical (unpaired) electrons. The number of hydrogen-bond acceptors (Lipinski definition) is 22. The topological polar surface area (TPSA) is 251 Å². The average Bonchev–Trinajstić information content (AvgIpc) is 1.57. The Balaban J connectivity index is 0.000000410. The molecule has 0 aromatic heterocycles. The Bertz CT molecular complexity index is 2090. The molecule has 0 aliphatic heterocycles. The van der Waals surface area contributed by atoms with Gasteiger partial charge in [-0.1, -0.05) is 57.5 Å². The van der Waals surface area contributed by atoms with Crippen LogP contribution in [0.3, 0.4) is 0 Å². The summed E-state index contributed by atoms with van der Waals surface area (Å²) in [7, 11) is -9.95. The Morgan fingerprint density at radius 1 is 0.441 bits per heavy atom. The maximum atomic E-state index is 12.6. The molecule has 6 saturated carbocycles. The number of ketones is 6. The molecule has 0 aromatic rings. The molecular formula is C66H127BrN2O18S2Si4. The zero-order valence-corrected chi connectivity index (χ0v) is 68.0. The van der Waals surface area contributed by atoms with Gasteiger partial charge < -0.3 is 64.2 Å². The van der Waals surface area contributed by atoms with Gasteiger partial charge in [0, 0.05) is 139 Å². The van der Waals surface area contributed by atoms with Crippen molar-refractivity contribution in [3.63, 3.8) is 0 Å². The van der Waals surface area contributed by atoms with Crippen LogP contribution < -0.4 is 11.1 Å². The standard InChI is InChI=1S/C19H35NO5Si.C19H34O5SSi.C10H13BrO2.C9H23NO3Si.C9H22O3SSi/c1-6-23-26(24-7-2,25-8-3)13-9-12-20-14-19-11-10-15(18(19,4)5)16(21)17(19)22;1-6-22-26(23-7-2,24-8-3)13-9-12-25-14-19-11-10-15(18(19,4)5)16(20)17(19)21;1-9(2)6-3-4-10(9,5-11)8(13)7(6)12;1-4-11-14(12-5-2,13-6-3)9-7-8-10;1-4-10-14(11-5-2,12-6-3)9-7-8-13/h15,20H,6-14H2,1-5H3;15H,6-14H2,1-5H3;6H,3-5H2,1-2H3;4-10H2,1-3H3;13H,4-9H2,1-3H3. The molecule has 6 bridgehead atoms. The molecule has 6 unspecified atom stereocenters. The molecule has 6 rings (SSSR count). The minimum Gasteiger partial charge on any atom is -0.374 e. The monoisotopic (exact) mass is 1490 g/mol. The summed E-state index contributed by atoms with van der Waals surface area (Å²) in [6.45, 7) is 45.4. The number of nitrogens with one attached hydrogen (secondary N) is 1. The van der Waals surface area contributed by atoms with E-state index in [0.29, 0.717) is 97.7 Å². The van der Waals surface area contributed by atoms with Gasteiger partial charge in [0.25, 0.3) is 0 Å².